The number of guanidine groups is 1. The maximum Gasteiger partial charge on any atom is 0.191 e. The van der Waals surface area contributed by atoms with Gasteiger partial charge >= 0.3 is 0 Å². The molecule has 1 aromatic rings. The molecule has 146 valence electrons. The number of ether oxygens (including phenoxy) is 1. The molecule has 1 aromatic heterocycles. The van der Waals surface area contributed by atoms with E-state index < -0.39 is 0 Å². The van der Waals surface area contributed by atoms with Crippen LogP contribution in [0.2, 0.25) is 0 Å². The summed E-state index contributed by atoms with van der Waals surface area (Å²) in [5.41, 5.74) is 0. The van der Waals surface area contributed by atoms with Crippen LogP contribution in [0.1, 0.15) is 33.0 Å². The molecule has 25 heavy (non-hydrogen) atoms. The number of methoxy groups -OCH3 is 1. The van der Waals surface area contributed by atoms with E-state index in [1.54, 1.807) is 18.9 Å². The zero-order valence-corrected chi connectivity index (χ0v) is 19.2. The minimum absolute atomic E-state index is 0. The van der Waals surface area contributed by atoms with E-state index in [1.807, 2.05) is 6.26 Å². The molecule has 0 aliphatic heterocycles. The van der Waals surface area contributed by atoms with Crippen LogP contribution in [-0.4, -0.2) is 60.3 Å². The van der Waals surface area contributed by atoms with Gasteiger partial charge in [-0.2, -0.15) is 0 Å². The summed E-state index contributed by atoms with van der Waals surface area (Å²) in [7, 11) is 1.70. The summed E-state index contributed by atoms with van der Waals surface area (Å²) in [6.07, 6.45) is 3.88. The van der Waals surface area contributed by atoms with Gasteiger partial charge in [-0.05, 0) is 25.5 Å². The third kappa shape index (κ3) is 9.64. The van der Waals surface area contributed by atoms with Gasteiger partial charge in [0, 0.05) is 39.7 Å². The molecule has 0 fully saturated rings. The molecule has 7 nitrogen and oxygen atoms in total. The fourth-order valence-electron chi connectivity index (χ4n) is 2.24. The van der Waals surface area contributed by atoms with Gasteiger partial charge in [-0.3, -0.25) is 4.99 Å². The van der Waals surface area contributed by atoms with Gasteiger partial charge in [0.25, 0.3) is 0 Å². The first kappa shape index (κ1) is 24.5. The number of halogens is 1. The fraction of sp³-hybridized carbons (Fsp3) is 0.812. The Morgan fingerprint density at radius 2 is 2.08 bits per heavy atom. The van der Waals surface area contributed by atoms with Crippen LogP contribution in [0.5, 0.6) is 0 Å². The Hall–Kier alpha value is -0.550. The summed E-state index contributed by atoms with van der Waals surface area (Å²) in [5, 5.41) is 16.1. The molecule has 0 aliphatic carbocycles. The van der Waals surface area contributed by atoms with Gasteiger partial charge in [0.05, 0.1) is 6.61 Å². The maximum absolute atomic E-state index is 5.05. The highest BCUT2D eigenvalue weighted by Crippen LogP contribution is 2.16. The van der Waals surface area contributed by atoms with Gasteiger partial charge in [0.2, 0.25) is 0 Å². The molecular formula is C16H33IN6OS. The molecule has 0 amide bonds. The molecule has 0 spiro atoms. The second kappa shape index (κ2) is 14.6. The van der Waals surface area contributed by atoms with E-state index in [0.717, 1.165) is 56.0 Å². The number of nitrogens with one attached hydrogen (secondary N) is 2. The Morgan fingerprint density at radius 3 is 2.68 bits per heavy atom. The van der Waals surface area contributed by atoms with Crippen LogP contribution in [0, 0.1) is 5.92 Å². The first-order chi connectivity index (χ1) is 11.6. The molecule has 0 saturated heterocycles. The summed E-state index contributed by atoms with van der Waals surface area (Å²) < 4.78 is 7.28. The lowest BCUT2D eigenvalue weighted by atomic mass is 10.2. The average Bonchev–Trinajstić information content (AvgIpc) is 2.93. The van der Waals surface area contributed by atoms with E-state index in [0.29, 0.717) is 12.5 Å². The molecule has 0 aromatic carbocycles. The normalized spacial score (nSPS) is 11.5. The molecule has 0 atom stereocenters. The van der Waals surface area contributed by atoms with Crippen molar-refractivity contribution in [1.29, 1.82) is 0 Å². The lowest BCUT2D eigenvalue weighted by Crippen LogP contribution is -2.39. The highest BCUT2D eigenvalue weighted by Gasteiger charge is 2.12. The molecule has 0 aliphatic rings. The second-order valence-corrected chi connectivity index (χ2v) is 6.66. The predicted molar refractivity (Wildman–Crippen MR) is 116 cm³/mol. The van der Waals surface area contributed by atoms with Crippen LogP contribution >= 0.6 is 35.7 Å². The molecular weight excluding hydrogens is 451 g/mol. The second-order valence-electron chi connectivity index (χ2n) is 5.89. The van der Waals surface area contributed by atoms with Crippen molar-refractivity contribution < 1.29 is 4.74 Å². The van der Waals surface area contributed by atoms with Gasteiger partial charge in [-0.25, -0.2) is 0 Å². The van der Waals surface area contributed by atoms with Gasteiger partial charge in [-0.1, -0.05) is 25.6 Å². The van der Waals surface area contributed by atoms with Gasteiger partial charge in [-0.15, -0.1) is 34.2 Å². The molecule has 2 N–H and O–H groups in total. The van der Waals surface area contributed by atoms with Crippen molar-refractivity contribution in [2.24, 2.45) is 10.9 Å². The molecule has 9 heteroatoms. The van der Waals surface area contributed by atoms with Crippen molar-refractivity contribution in [3.8, 4) is 0 Å². The minimum Gasteiger partial charge on any atom is -0.383 e. The van der Waals surface area contributed by atoms with E-state index in [2.05, 4.69) is 51.2 Å². The number of aliphatic imine (C=N–C) groups is 1. The van der Waals surface area contributed by atoms with Crippen molar-refractivity contribution in [3.63, 3.8) is 0 Å². The van der Waals surface area contributed by atoms with Crippen molar-refractivity contribution >= 4 is 41.7 Å². The number of rotatable bonds is 11. The monoisotopic (exact) mass is 484 g/mol. The standard InChI is InChI=1S/C16H32N6OS.HI/c1-6-17-15(19-10-11-23-4)18-9-7-8-14-20-21-16(24-5)22(14)12-13(2)3;/h13H,6-12H2,1-5H3,(H2,17,18,19);1H. The molecule has 1 heterocycles. The first-order valence-electron chi connectivity index (χ1n) is 8.59. The average molecular weight is 484 g/mol. The third-order valence-corrected chi connectivity index (χ3v) is 3.96. The van der Waals surface area contributed by atoms with E-state index >= 15 is 0 Å². The zero-order valence-electron chi connectivity index (χ0n) is 16.0. The summed E-state index contributed by atoms with van der Waals surface area (Å²) in [5.74, 6) is 2.47. The SMILES string of the molecule is CCNC(=NCCCc1nnc(SC)n1CC(C)C)NCCOC.I. The van der Waals surface area contributed by atoms with E-state index in [9.17, 15) is 0 Å². The lowest BCUT2D eigenvalue weighted by molar-refractivity contribution is 0.203. The smallest absolute Gasteiger partial charge is 0.191 e. The van der Waals surface area contributed by atoms with E-state index in [-0.39, 0.29) is 24.0 Å². The van der Waals surface area contributed by atoms with E-state index in [1.165, 1.54) is 0 Å². The predicted octanol–water partition coefficient (Wildman–Crippen LogP) is 2.41. The van der Waals surface area contributed by atoms with Crippen LogP contribution in [0.4, 0.5) is 0 Å². The number of hydrogen-bond donors (Lipinski definition) is 2. The van der Waals surface area contributed by atoms with Crippen molar-refractivity contribution in [2.75, 3.05) is 39.6 Å². The number of nitrogens with zero attached hydrogens (tertiary/aromatic N) is 4. The molecule has 0 saturated carbocycles. The number of hydrogen-bond acceptors (Lipinski definition) is 5. The van der Waals surface area contributed by atoms with Gasteiger partial charge < -0.3 is 19.9 Å². The van der Waals surface area contributed by atoms with E-state index in [4.69, 9.17) is 4.74 Å². The fourth-order valence-corrected chi connectivity index (χ4v) is 2.77. The highest BCUT2D eigenvalue weighted by molar-refractivity contribution is 14.0. The third-order valence-electron chi connectivity index (χ3n) is 3.30. The number of thioether (sulfide) groups is 1. The van der Waals surface area contributed by atoms with Crippen LogP contribution in [0.3, 0.4) is 0 Å². The Kier molecular flexibility index (Phi) is 14.3. The summed E-state index contributed by atoms with van der Waals surface area (Å²) >= 11 is 1.65. The number of aromatic nitrogens is 3. The quantitative estimate of drug-likeness (QED) is 0.165. The Morgan fingerprint density at radius 1 is 1.32 bits per heavy atom. The maximum atomic E-state index is 5.05. The Balaban J connectivity index is 0.00000576. The first-order valence-corrected chi connectivity index (χ1v) is 9.82. The molecule has 0 radical (unpaired) electrons. The summed E-state index contributed by atoms with van der Waals surface area (Å²) in [4.78, 5) is 4.59. The van der Waals surface area contributed by atoms with Crippen molar-refractivity contribution in [1.82, 2.24) is 25.4 Å². The van der Waals surface area contributed by atoms with Crippen LogP contribution < -0.4 is 10.6 Å². The topological polar surface area (TPSA) is 76.4 Å². The van der Waals surface area contributed by atoms with Crippen molar-refractivity contribution in [2.45, 2.75) is 45.3 Å². The van der Waals surface area contributed by atoms with Gasteiger partial charge in [0.1, 0.15) is 5.82 Å². The van der Waals surface area contributed by atoms with Crippen LogP contribution in [0.15, 0.2) is 10.1 Å². The van der Waals surface area contributed by atoms with Gasteiger partial charge in [0.15, 0.2) is 11.1 Å². The Labute approximate surface area is 173 Å². The lowest BCUT2D eigenvalue weighted by Gasteiger charge is -2.12. The largest absolute Gasteiger partial charge is 0.383 e. The van der Waals surface area contributed by atoms with Crippen LogP contribution in [-0.2, 0) is 17.7 Å². The molecule has 1 rings (SSSR count). The minimum atomic E-state index is 0. The van der Waals surface area contributed by atoms with Crippen molar-refractivity contribution in [3.05, 3.63) is 5.82 Å². The Bertz CT molecular complexity index is 495. The zero-order chi connectivity index (χ0) is 17.8. The molecule has 0 bridgehead atoms. The number of aryl methyl sites for hydroxylation is 1. The highest BCUT2D eigenvalue weighted by atomic mass is 127. The summed E-state index contributed by atoms with van der Waals surface area (Å²) in [6, 6.07) is 0. The molecule has 0 unspecified atom stereocenters. The van der Waals surface area contributed by atoms with Crippen LogP contribution in [0.25, 0.3) is 0 Å². The summed E-state index contributed by atoms with van der Waals surface area (Å²) in [6.45, 7) is 10.5.